The third-order valence-electron chi connectivity index (χ3n) is 5.91. The molecular weight excluding hydrogens is 434 g/mol. The summed E-state index contributed by atoms with van der Waals surface area (Å²) in [4.78, 5) is 21.6. The Hall–Kier alpha value is -4.90. The SMILES string of the molecule is O=c1c(-c2ccccc2Oc2cc3ccccc3[nH]2)cc(-c2ccccn2)cn1-c1ccccc1. The fraction of sp³-hybridized carbons (Fsp3) is 0. The molecule has 0 saturated carbocycles. The number of benzene rings is 3. The molecular formula is C30H21N3O2. The number of aromatic nitrogens is 3. The van der Waals surface area contributed by atoms with Crippen LogP contribution < -0.4 is 10.3 Å². The predicted octanol–water partition coefficient (Wildman–Crippen LogP) is 6.84. The minimum absolute atomic E-state index is 0.136. The molecule has 3 heterocycles. The highest BCUT2D eigenvalue weighted by molar-refractivity contribution is 5.82. The highest BCUT2D eigenvalue weighted by Gasteiger charge is 2.16. The van der Waals surface area contributed by atoms with Gasteiger partial charge in [-0.25, -0.2) is 0 Å². The number of para-hydroxylation sites is 3. The topological polar surface area (TPSA) is 59.9 Å². The molecule has 0 radical (unpaired) electrons. The van der Waals surface area contributed by atoms with E-state index >= 15 is 0 Å². The molecule has 0 aliphatic rings. The van der Waals surface area contributed by atoms with Gasteiger partial charge in [-0.2, -0.15) is 0 Å². The summed E-state index contributed by atoms with van der Waals surface area (Å²) in [5.41, 5.74) is 4.50. The smallest absolute Gasteiger partial charge is 0.263 e. The summed E-state index contributed by atoms with van der Waals surface area (Å²) in [6, 6.07) is 34.8. The van der Waals surface area contributed by atoms with Crippen LogP contribution >= 0.6 is 0 Å². The second kappa shape index (κ2) is 8.80. The Morgan fingerprint density at radius 2 is 1.51 bits per heavy atom. The van der Waals surface area contributed by atoms with Crippen molar-refractivity contribution in [3.63, 3.8) is 0 Å². The third-order valence-corrected chi connectivity index (χ3v) is 5.91. The van der Waals surface area contributed by atoms with E-state index in [1.54, 1.807) is 10.8 Å². The molecule has 0 fully saturated rings. The molecule has 0 atom stereocenters. The van der Waals surface area contributed by atoms with Gasteiger partial charge in [-0.05, 0) is 42.5 Å². The minimum Gasteiger partial charge on any atom is -0.440 e. The van der Waals surface area contributed by atoms with Crippen LogP contribution in [0.25, 0.3) is 39.0 Å². The van der Waals surface area contributed by atoms with Crippen molar-refractivity contribution >= 4 is 10.9 Å². The number of aromatic amines is 1. The van der Waals surface area contributed by atoms with Crippen molar-refractivity contribution < 1.29 is 4.74 Å². The predicted molar refractivity (Wildman–Crippen MR) is 139 cm³/mol. The summed E-state index contributed by atoms with van der Waals surface area (Å²) in [6.45, 7) is 0. The molecule has 5 heteroatoms. The van der Waals surface area contributed by atoms with Crippen LogP contribution in [-0.4, -0.2) is 14.5 Å². The van der Waals surface area contributed by atoms with Crippen molar-refractivity contribution in [3.8, 4) is 39.7 Å². The number of nitrogens with zero attached hydrogens (tertiary/aromatic N) is 2. The number of ether oxygens (including phenoxy) is 1. The summed E-state index contributed by atoms with van der Waals surface area (Å²) >= 11 is 0. The van der Waals surface area contributed by atoms with Crippen LogP contribution in [0.5, 0.6) is 11.6 Å². The average Bonchev–Trinajstić information content (AvgIpc) is 3.33. The molecule has 0 aliphatic carbocycles. The van der Waals surface area contributed by atoms with Crippen molar-refractivity contribution in [1.82, 2.24) is 14.5 Å². The Labute approximate surface area is 201 Å². The van der Waals surface area contributed by atoms with Crippen LogP contribution in [0.15, 0.2) is 126 Å². The zero-order chi connectivity index (χ0) is 23.6. The lowest BCUT2D eigenvalue weighted by Gasteiger charge is -2.14. The Morgan fingerprint density at radius 3 is 2.34 bits per heavy atom. The quantitative estimate of drug-likeness (QED) is 0.310. The number of hydrogen-bond acceptors (Lipinski definition) is 3. The van der Waals surface area contributed by atoms with Crippen LogP contribution in [-0.2, 0) is 0 Å². The highest BCUT2D eigenvalue weighted by atomic mass is 16.5. The molecule has 0 unspecified atom stereocenters. The fourth-order valence-corrected chi connectivity index (χ4v) is 4.23. The molecule has 3 aromatic carbocycles. The molecule has 168 valence electrons. The molecule has 0 aliphatic heterocycles. The van der Waals surface area contributed by atoms with E-state index < -0.39 is 0 Å². The van der Waals surface area contributed by atoms with Gasteiger partial charge >= 0.3 is 0 Å². The monoisotopic (exact) mass is 455 g/mol. The van der Waals surface area contributed by atoms with Gasteiger partial charge in [0.15, 0.2) is 5.88 Å². The van der Waals surface area contributed by atoms with Crippen LogP contribution in [0.4, 0.5) is 0 Å². The maximum atomic E-state index is 13.8. The number of nitrogens with one attached hydrogen (secondary N) is 1. The zero-order valence-electron chi connectivity index (χ0n) is 18.8. The molecule has 0 bridgehead atoms. The second-order valence-corrected chi connectivity index (χ2v) is 8.19. The Kier molecular flexibility index (Phi) is 5.20. The Bertz CT molecular complexity index is 1650. The maximum Gasteiger partial charge on any atom is 0.263 e. The summed E-state index contributed by atoms with van der Waals surface area (Å²) in [7, 11) is 0. The van der Waals surface area contributed by atoms with E-state index in [1.807, 2.05) is 115 Å². The van der Waals surface area contributed by atoms with Crippen LogP contribution in [0.1, 0.15) is 0 Å². The van der Waals surface area contributed by atoms with Gasteiger partial charge in [0.25, 0.3) is 5.56 Å². The number of H-pyrrole nitrogens is 1. The first-order chi connectivity index (χ1) is 17.3. The highest BCUT2D eigenvalue weighted by Crippen LogP contribution is 2.34. The van der Waals surface area contributed by atoms with Crippen molar-refractivity contribution in [3.05, 3.63) is 132 Å². The van der Waals surface area contributed by atoms with Gasteiger partial charge in [-0.3, -0.25) is 14.3 Å². The lowest BCUT2D eigenvalue weighted by molar-refractivity contribution is 0.469. The van der Waals surface area contributed by atoms with Crippen molar-refractivity contribution in [1.29, 1.82) is 0 Å². The number of pyridine rings is 2. The van der Waals surface area contributed by atoms with Gasteiger partial charge in [0.05, 0.1) is 11.3 Å². The van der Waals surface area contributed by atoms with Crippen LogP contribution in [0, 0.1) is 0 Å². The minimum atomic E-state index is -0.136. The van der Waals surface area contributed by atoms with Crippen LogP contribution in [0.2, 0.25) is 0 Å². The number of hydrogen-bond donors (Lipinski definition) is 1. The van der Waals surface area contributed by atoms with E-state index in [-0.39, 0.29) is 5.56 Å². The van der Waals surface area contributed by atoms with E-state index in [1.165, 1.54) is 0 Å². The van der Waals surface area contributed by atoms with Gasteiger partial charge in [0.1, 0.15) is 5.75 Å². The fourth-order valence-electron chi connectivity index (χ4n) is 4.23. The van der Waals surface area contributed by atoms with E-state index in [2.05, 4.69) is 9.97 Å². The molecule has 6 aromatic rings. The average molecular weight is 456 g/mol. The molecule has 0 spiro atoms. The van der Waals surface area contributed by atoms with E-state index in [0.717, 1.165) is 27.8 Å². The molecule has 3 aromatic heterocycles. The molecule has 0 amide bonds. The normalized spacial score (nSPS) is 11.0. The number of fused-ring (bicyclic) bond motifs is 1. The van der Waals surface area contributed by atoms with Gasteiger partial charge in [-0.1, -0.05) is 60.7 Å². The van der Waals surface area contributed by atoms with Gasteiger partial charge < -0.3 is 9.72 Å². The Morgan fingerprint density at radius 1 is 0.743 bits per heavy atom. The second-order valence-electron chi connectivity index (χ2n) is 8.19. The standard InChI is InChI=1S/C30H21N3O2/c34-30-25(18-22(26-14-8-9-17-31-26)20-33(30)23-11-2-1-3-12-23)24-13-5-7-16-28(24)35-29-19-21-10-4-6-15-27(21)32-29/h1-20,32H. The largest absolute Gasteiger partial charge is 0.440 e. The summed E-state index contributed by atoms with van der Waals surface area (Å²) in [5, 5.41) is 1.06. The first-order valence-corrected chi connectivity index (χ1v) is 11.3. The van der Waals surface area contributed by atoms with Crippen LogP contribution in [0.3, 0.4) is 0 Å². The Balaban J connectivity index is 1.53. The lowest BCUT2D eigenvalue weighted by atomic mass is 10.0. The van der Waals surface area contributed by atoms with Crippen molar-refractivity contribution in [2.45, 2.75) is 0 Å². The van der Waals surface area contributed by atoms with E-state index in [9.17, 15) is 4.79 Å². The van der Waals surface area contributed by atoms with Gasteiger partial charge in [-0.15, -0.1) is 0 Å². The van der Waals surface area contributed by atoms with Gasteiger partial charge in [0, 0.05) is 46.2 Å². The first-order valence-electron chi connectivity index (χ1n) is 11.3. The maximum absolute atomic E-state index is 13.8. The van der Waals surface area contributed by atoms with E-state index in [0.29, 0.717) is 22.8 Å². The molecule has 5 nitrogen and oxygen atoms in total. The van der Waals surface area contributed by atoms with E-state index in [4.69, 9.17) is 4.74 Å². The van der Waals surface area contributed by atoms with Crippen molar-refractivity contribution in [2.24, 2.45) is 0 Å². The first kappa shape index (κ1) is 20.7. The summed E-state index contributed by atoms with van der Waals surface area (Å²) < 4.78 is 7.94. The lowest BCUT2D eigenvalue weighted by Crippen LogP contribution is -2.20. The van der Waals surface area contributed by atoms with Crippen molar-refractivity contribution in [2.75, 3.05) is 0 Å². The molecule has 1 N–H and O–H groups in total. The molecule has 6 rings (SSSR count). The zero-order valence-corrected chi connectivity index (χ0v) is 18.8. The molecule has 0 saturated heterocycles. The summed E-state index contributed by atoms with van der Waals surface area (Å²) in [6.07, 6.45) is 3.59. The number of rotatable bonds is 5. The summed E-state index contributed by atoms with van der Waals surface area (Å²) in [5.74, 6) is 1.21. The molecule has 35 heavy (non-hydrogen) atoms. The van der Waals surface area contributed by atoms with Gasteiger partial charge in [0.2, 0.25) is 0 Å². The third kappa shape index (κ3) is 4.00.